The van der Waals surface area contributed by atoms with Crippen LogP contribution in [0.15, 0.2) is 23.5 Å². The van der Waals surface area contributed by atoms with Gasteiger partial charge in [-0.25, -0.2) is 15.3 Å². The van der Waals surface area contributed by atoms with Gasteiger partial charge in [0.1, 0.15) is 0 Å². The molecule has 0 atom stereocenters. The van der Waals surface area contributed by atoms with E-state index in [0.717, 1.165) is 5.17 Å². The van der Waals surface area contributed by atoms with Crippen molar-refractivity contribution in [3.8, 4) is 0 Å². The first-order valence-electron chi connectivity index (χ1n) is 5.34. The Labute approximate surface area is 103 Å². The molecule has 0 bridgehead atoms. The minimum absolute atomic E-state index is 0.562. The number of hydrogen-bond donors (Lipinski definition) is 2. The van der Waals surface area contributed by atoms with Gasteiger partial charge in [0.25, 0.3) is 0 Å². The van der Waals surface area contributed by atoms with Crippen LogP contribution in [0.1, 0.15) is 13.8 Å². The van der Waals surface area contributed by atoms with E-state index in [9.17, 15) is 0 Å². The second-order valence-electron chi connectivity index (χ2n) is 4.03. The van der Waals surface area contributed by atoms with Crippen LogP contribution in [-0.4, -0.2) is 48.9 Å². The lowest BCUT2D eigenvalue weighted by atomic mass is 10.3. The molecule has 0 aliphatic carbocycles. The smallest absolute Gasteiger partial charge is 0.397 e. The Morgan fingerprint density at radius 3 is 2.18 bits per heavy atom. The van der Waals surface area contributed by atoms with E-state index in [4.69, 9.17) is 16.4 Å². The van der Waals surface area contributed by atoms with Crippen molar-refractivity contribution in [2.45, 2.75) is 13.8 Å². The van der Waals surface area contributed by atoms with Gasteiger partial charge in [-0.2, -0.15) is 0 Å². The fourth-order valence-electron chi connectivity index (χ4n) is 1.15. The van der Waals surface area contributed by atoms with Crippen molar-refractivity contribution < 1.29 is 9.41 Å². The van der Waals surface area contributed by atoms with Gasteiger partial charge in [-0.15, -0.1) is 5.17 Å². The maximum absolute atomic E-state index is 5.81. The molecule has 0 rings (SSSR count). The Hall–Kier alpha value is -1.69. The van der Waals surface area contributed by atoms with Crippen molar-refractivity contribution in [2.24, 2.45) is 11.6 Å². The molecular weight excluding hydrogens is 218 g/mol. The van der Waals surface area contributed by atoms with E-state index >= 15 is 0 Å². The highest BCUT2D eigenvalue weighted by atomic mass is 16.7. The normalized spacial score (nSPS) is 12.2. The molecule has 0 saturated heterocycles. The second-order valence-corrected chi connectivity index (χ2v) is 4.03. The summed E-state index contributed by atoms with van der Waals surface area (Å²) in [6.07, 6.45) is 3.61. The number of hydrazine groups is 1. The molecule has 0 aromatic heterocycles. The monoisotopic (exact) mass is 242 g/mol. The van der Waals surface area contributed by atoms with Crippen LogP contribution in [0, 0.1) is 0 Å². The fraction of sp³-hybridized carbons (Fsp3) is 0.545. The van der Waals surface area contributed by atoms with Crippen LogP contribution >= 0.6 is 0 Å². The van der Waals surface area contributed by atoms with Crippen molar-refractivity contribution >= 4 is 6.02 Å². The number of nitrogens with two attached hydrogens (primary N) is 2. The lowest BCUT2D eigenvalue weighted by molar-refractivity contribution is -0.485. The van der Waals surface area contributed by atoms with E-state index in [-0.39, 0.29) is 0 Å². The first kappa shape index (κ1) is 15.3. The third-order valence-electron chi connectivity index (χ3n) is 2.04. The van der Waals surface area contributed by atoms with E-state index in [1.165, 1.54) is 0 Å². The third kappa shape index (κ3) is 4.78. The van der Waals surface area contributed by atoms with Crippen LogP contribution in [0.4, 0.5) is 0 Å². The van der Waals surface area contributed by atoms with Gasteiger partial charge < -0.3 is 5.73 Å². The number of rotatable bonds is 3. The van der Waals surface area contributed by atoms with Crippen LogP contribution in [0.25, 0.3) is 0 Å². The Morgan fingerprint density at radius 1 is 1.29 bits per heavy atom. The Balaban J connectivity index is 4.93. The largest absolute Gasteiger partial charge is 0.471 e. The summed E-state index contributed by atoms with van der Waals surface area (Å²) in [5.41, 5.74) is 7.02. The number of allylic oxidation sites excluding steroid dienone is 3. The van der Waals surface area contributed by atoms with Crippen LogP contribution in [0.5, 0.6) is 0 Å². The summed E-state index contributed by atoms with van der Waals surface area (Å²) in [7, 11) is 7.49. The summed E-state index contributed by atoms with van der Waals surface area (Å²) in [5.74, 6) is 5.79. The standard InChI is InChI=1S/C11H24N5O/c1-7-8-10(12)9(2)16(13)17-11(14(3)4)15(5)6/h7-8H,12-13H2,1-6H3/q+1/b8-7-,10-9-. The molecule has 0 radical (unpaired) electrons. The van der Waals surface area contributed by atoms with E-state index in [2.05, 4.69) is 0 Å². The maximum Gasteiger partial charge on any atom is 0.471 e. The lowest BCUT2D eigenvalue weighted by Crippen LogP contribution is -2.41. The van der Waals surface area contributed by atoms with Crippen molar-refractivity contribution in [3.63, 3.8) is 0 Å². The molecule has 6 nitrogen and oxygen atoms in total. The molecule has 0 heterocycles. The summed E-state index contributed by atoms with van der Waals surface area (Å²) < 4.78 is 1.82. The molecule has 0 saturated carbocycles. The topological polar surface area (TPSA) is 70.8 Å². The van der Waals surface area contributed by atoms with Gasteiger partial charge in [-0.05, 0) is 19.9 Å². The average molecular weight is 242 g/mol. The summed E-state index contributed by atoms with van der Waals surface area (Å²) in [4.78, 5) is 7.33. The highest BCUT2D eigenvalue weighted by Crippen LogP contribution is 2.04. The van der Waals surface area contributed by atoms with E-state index < -0.39 is 0 Å². The Kier molecular flexibility index (Phi) is 6.12. The maximum atomic E-state index is 5.81. The second kappa shape index (κ2) is 6.80. The Morgan fingerprint density at radius 2 is 1.82 bits per heavy atom. The van der Waals surface area contributed by atoms with Crippen molar-refractivity contribution in [2.75, 3.05) is 28.2 Å². The number of hydroxylamine groups is 1. The minimum Gasteiger partial charge on any atom is -0.397 e. The molecule has 17 heavy (non-hydrogen) atoms. The average Bonchev–Trinajstić information content (AvgIpc) is 2.23. The summed E-state index contributed by atoms with van der Waals surface area (Å²) in [6, 6.07) is 0.611. The summed E-state index contributed by atoms with van der Waals surface area (Å²) in [5, 5.41) is 1.16. The molecule has 0 aliphatic rings. The quantitative estimate of drug-likeness (QED) is 0.183. The molecule has 0 aliphatic heterocycles. The zero-order valence-electron chi connectivity index (χ0n) is 11.6. The molecule has 6 heteroatoms. The van der Waals surface area contributed by atoms with Crippen LogP contribution in [0.2, 0.25) is 0 Å². The third-order valence-corrected chi connectivity index (χ3v) is 2.04. The van der Waals surface area contributed by atoms with Gasteiger partial charge in [-0.1, -0.05) is 6.08 Å². The van der Waals surface area contributed by atoms with Crippen LogP contribution in [-0.2, 0) is 4.84 Å². The predicted molar refractivity (Wildman–Crippen MR) is 69.6 cm³/mol. The van der Waals surface area contributed by atoms with Crippen molar-refractivity contribution in [3.05, 3.63) is 23.5 Å². The van der Waals surface area contributed by atoms with E-state index in [0.29, 0.717) is 17.4 Å². The van der Waals surface area contributed by atoms with Crippen molar-refractivity contribution in [1.29, 1.82) is 0 Å². The minimum atomic E-state index is 0.562. The highest BCUT2D eigenvalue weighted by Gasteiger charge is 2.18. The van der Waals surface area contributed by atoms with Gasteiger partial charge in [0.2, 0.25) is 0 Å². The van der Waals surface area contributed by atoms with Gasteiger partial charge in [0.05, 0.1) is 39.6 Å². The first-order chi connectivity index (χ1) is 7.81. The van der Waals surface area contributed by atoms with Crippen molar-refractivity contribution in [1.82, 2.24) is 10.1 Å². The van der Waals surface area contributed by atoms with Gasteiger partial charge in [-0.3, -0.25) is 4.84 Å². The zero-order chi connectivity index (χ0) is 13.6. The predicted octanol–water partition coefficient (Wildman–Crippen LogP) is 0.0497. The van der Waals surface area contributed by atoms with Gasteiger partial charge in [0.15, 0.2) is 0 Å². The number of hydrogen-bond acceptors (Lipinski definition) is 4. The molecule has 0 spiro atoms. The highest BCUT2D eigenvalue weighted by molar-refractivity contribution is 5.67. The summed E-state index contributed by atoms with van der Waals surface area (Å²) in [6.45, 7) is 3.68. The lowest BCUT2D eigenvalue weighted by Gasteiger charge is -2.21. The van der Waals surface area contributed by atoms with E-state index in [1.807, 2.05) is 50.7 Å². The summed E-state index contributed by atoms with van der Waals surface area (Å²) >= 11 is 0. The van der Waals surface area contributed by atoms with Crippen LogP contribution < -0.4 is 11.6 Å². The van der Waals surface area contributed by atoms with E-state index in [1.54, 1.807) is 13.0 Å². The molecule has 0 fully saturated rings. The van der Waals surface area contributed by atoms with Gasteiger partial charge in [0, 0.05) is 0 Å². The van der Waals surface area contributed by atoms with Gasteiger partial charge >= 0.3 is 6.02 Å². The molecule has 0 amide bonds. The Bertz CT molecular complexity index is 340. The molecule has 0 unspecified atom stereocenters. The zero-order valence-corrected chi connectivity index (χ0v) is 11.6. The SMILES string of the molecule is C/C=C\C(N)=C(/C)N(N)OC(N(C)C)=[N+](C)C. The molecule has 0 aromatic carbocycles. The first-order valence-corrected chi connectivity index (χ1v) is 5.34. The molecule has 0 aromatic rings. The van der Waals surface area contributed by atoms with Crippen LogP contribution in [0.3, 0.4) is 0 Å². The fourth-order valence-corrected chi connectivity index (χ4v) is 1.15. The number of amidine groups is 1. The molecular formula is C11H24N5O+. The number of nitrogens with zero attached hydrogens (tertiary/aromatic N) is 3. The molecule has 98 valence electrons. The molecule has 4 N–H and O–H groups in total.